The molecule has 21 heavy (non-hydrogen) atoms. The average molecular weight is 292 g/mol. The Morgan fingerprint density at radius 1 is 1.24 bits per heavy atom. The Morgan fingerprint density at radius 3 is 2.48 bits per heavy atom. The molecule has 0 unspecified atom stereocenters. The van der Waals surface area contributed by atoms with Gasteiger partial charge >= 0.3 is 0 Å². The molecular weight excluding hydrogens is 263 g/mol. The van der Waals surface area contributed by atoms with Crippen LogP contribution in [0.25, 0.3) is 0 Å². The number of hydrogen-bond donors (Lipinski definition) is 1. The predicted molar refractivity (Wildman–Crippen MR) is 88.2 cm³/mol. The van der Waals surface area contributed by atoms with Crippen molar-refractivity contribution in [3.05, 3.63) is 29.6 Å². The van der Waals surface area contributed by atoms with Crippen molar-refractivity contribution >= 4 is 5.69 Å². The fraction of sp³-hybridized carbons (Fsp3) is 0.667. The topological polar surface area (TPSA) is 15.3 Å². The summed E-state index contributed by atoms with van der Waals surface area (Å²) in [6.45, 7) is 11.3. The molecule has 1 aromatic rings. The van der Waals surface area contributed by atoms with Gasteiger partial charge in [0.15, 0.2) is 0 Å². The lowest BCUT2D eigenvalue weighted by Crippen LogP contribution is -2.37. The molecule has 0 atom stereocenters. The maximum atomic E-state index is 14.4. The minimum Gasteiger partial charge on any atom is -0.369 e. The lowest BCUT2D eigenvalue weighted by atomic mass is 9.93. The van der Waals surface area contributed by atoms with Gasteiger partial charge in [0.25, 0.3) is 0 Å². The van der Waals surface area contributed by atoms with Crippen LogP contribution in [0.15, 0.2) is 18.2 Å². The largest absolute Gasteiger partial charge is 0.369 e. The molecule has 0 radical (unpaired) electrons. The van der Waals surface area contributed by atoms with E-state index >= 15 is 0 Å². The number of halogens is 1. The summed E-state index contributed by atoms with van der Waals surface area (Å²) >= 11 is 0. The summed E-state index contributed by atoms with van der Waals surface area (Å²) in [5.41, 5.74) is 1.92. The molecule has 1 aliphatic rings. The smallest absolute Gasteiger partial charge is 0.146 e. The van der Waals surface area contributed by atoms with Crippen molar-refractivity contribution < 1.29 is 4.39 Å². The van der Waals surface area contributed by atoms with Gasteiger partial charge in [-0.3, -0.25) is 0 Å². The van der Waals surface area contributed by atoms with Gasteiger partial charge in [0.05, 0.1) is 5.69 Å². The lowest BCUT2D eigenvalue weighted by molar-refractivity contribution is 0.390. The van der Waals surface area contributed by atoms with Crippen LogP contribution in [0.1, 0.15) is 52.5 Å². The van der Waals surface area contributed by atoms with Crippen LogP contribution in [0.5, 0.6) is 0 Å². The molecule has 2 nitrogen and oxygen atoms in total. The highest BCUT2D eigenvalue weighted by Crippen LogP contribution is 2.30. The molecule has 0 aliphatic carbocycles. The zero-order valence-electron chi connectivity index (χ0n) is 13.9. The quantitative estimate of drug-likeness (QED) is 0.888. The van der Waals surface area contributed by atoms with Crippen LogP contribution in [0.4, 0.5) is 10.1 Å². The number of piperidine rings is 1. The first-order valence-corrected chi connectivity index (χ1v) is 8.18. The highest BCUT2D eigenvalue weighted by Gasteiger charge is 2.22. The van der Waals surface area contributed by atoms with E-state index in [4.69, 9.17) is 0 Å². The minimum atomic E-state index is -0.0850. The van der Waals surface area contributed by atoms with Gasteiger partial charge in [-0.15, -0.1) is 0 Å². The first-order chi connectivity index (χ1) is 9.90. The summed E-state index contributed by atoms with van der Waals surface area (Å²) in [4.78, 5) is 2.24. The van der Waals surface area contributed by atoms with E-state index < -0.39 is 0 Å². The number of benzene rings is 1. The Labute approximate surface area is 128 Å². The molecule has 1 heterocycles. The van der Waals surface area contributed by atoms with Gasteiger partial charge < -0.3 is 10.2 Å². The van der Waals surface area contributed by atoms with Crippen LogP contribution in [-0.4, -0.2) is 18.6 Å². The van der Waals surface area contributed by atoms with E-state index in [0.717, 1.165) is 30.3 Å². The van der Waals surface area contributed by atoms with E-state index in [2.05, 4.69) is 37.9 Å². The fourth-order valence-electron chi connectivity index (χ4n) is 2.98. The first-order valence-electron chi connectivity index (χ1n) is 8.18. The van der Waals surface area contributed by atoms with Crippen molar-refractivity contribution in [2.75, 3.05) is 18.0 Å². The summed E-state index contributed by atoms with van der Waals surface area (Å²) in [6.07, 6.45) is 3.59. The maximum Gasteiger partial charge on any atom is 0.146 e. The molecule has 1 fully saturated rings. The van der Waals surface area contributed by atoms with Crippen LogP contribution in [0.2, 0.25) is 0 Å². The second-order valence-corrected chi connectivity index (χ2v) is 7.19. The van der Waals surface area contributed by atoms with Gasteiger partial charge in [-0.25, -0.2) is 4.39 Å². The SMILES string of the molecule is CCC1CCN(c2c(F)cccc2CNC(C)(C)C)CC1. The Hall–Kier alpha value is -1.09. The molecule has 118 valence electrons. The Bertz CT molecular complexity index is 457. The van der Waals surface area contributed by atoms with E-state index in [1.165, 1.54) is 19.3 Å². The molecular formula is C18H29FN2. The van der Waals surface area contributed by atoms with Crippen molar-refractivity contribution in [3.63, 3.8) is 0 Å². The molecule has 0 spiro atoms. The maximum absolute atomic E-state index is 14.4. The normalized spacial score (nSPS) is 17.3. The van der Waals surface area contributed by atoms with Gasteiger partial charge in [0, 0.05) is 25.2 Å². The Morgan fingerprint density at radius 2 is 1.90 bits per heavy atom. The second kappa shape index (κ2) is 6.78. The Kier molecular flexibility index (Phi) is 5.26. The number of nitrogens with one attached hydrogen (secondary N) is 1. The van der Waals surface area contributed by atoms with Crippen LogP contribution in [0, 0.1) is 11.7 Å². The highest BCUT2D eigenvalue weighted by atomic mass is 19.1. The summed E-state index contributed by atoms with van der Waals surface area (Å²) in [5, 5.41) is 3.47. The highest BCUT2D eigenvalue weighted by molar-refractivity contribution is 5.55. The molecule has 0 aromatic heterocycles. The standard InChI is InChI=1S/C18H29FN2/c1-5-14-9-11-21(12-10-14)17-15(7-6-8-16(17)19)13-20-18(2,3)4/h6-8,14,20H,5,9-13H2,1-4H3. The molecule has 1 aliphatic heterocycles. The van der Waals surface area contributed by atoms with Gasteiger partial charge in [-0.2, -0.15) is 0 Å². The summed E-state index contributed by atoms with van der Waals surface area (Å²) in [6, 6.07) is 5.45. The summed E-state index contributed by atoms with van der Waals surface area (Å²) < 4.78 is 14.4. The summed E-state index contributed by atoms with van der Waals surface area (Å²) in [7, 11) is 0. The Balaban J connectivity index is 2.14. The fourth-order valence-corrected chi connectivity index (χ4v) is 2.98. The van der Waals surface area contributed by atoms with Crippen molar-refractivity contribution in [2.45, 2.75) is 59.0 Å². The molecule has 3 heteroatoms. The molecule has 0 bridgehead atoms. The first kappa shape index (κ1) is 16.3. The van der Waals surface area contributed by atoms with Crippen LogP contribution >= 0.6 is 0 Å². The average Bonchev–Trinajstić information content (AvgIpc) is 2.44. The monoisotopic (exact) mass is 292 g/mol. The molecule has 1 aromatic carbocycles. The van der Waals surface area contributed by atoms with Crippen LogP contribution < -0.4 is 10.2 Å². The second-order valence-electron chi connectivity index (χ2n) is 7.19. The zero-order valence-corrected chi connectivity index (χ0v) is 13.9. The molecule has 0 saturated carbocycles. The van der Waals surface area contributed by atoms with Crippen molar-refractivity contribution in [1.29, 1.82) is 0 Å². The van der Waals surface area contributed by atoms with Crippen molar-refractivity contribution in [1.82, 2.24) is 5.32 Å². The predicted octanol–water partition coefficient (Wildman–Crippen LogP) is 4.34. The number of nitrogens with zero attached hydrogens (tertiary/aromatic N) is 1. The number of rotatable bonds is 4. The van der Waals surface area contributed by atoms with Gasteiger partial charge in [0.2, 0.25) is 0 Å². The minimum absolute atomic E-state index is 0.0405. The zero-order chi connectivity index (χ0) is 15.5. The molecule has 1 N–H and O–H groups in total. The lowest BCUT2D eigenvalue weighted by Gasteiger charge is -2.35. The van der Waals surface area contributed by atoms with E-state index in [-0.39, 0.29) is 11.4 Å². The van der Waals surface area contributed by atoms with Gasteiger partial charge in [-0.05, 0) is 51.2 Å². The van der Waals surface area contributed by atoms with E-state index in [1.54, 1.807) is 6.07 Å². The van der Waals surface area contributed by atoms with Crippen molar-refractivity contribution in [3.8, 4) is 0 Å². The third-order valence-electron chi connectivity index (χ3n) is 4.39. The van der Waals surface area contributed by atoms with E-state index in [9.17, 15) is 4.39 Å². The third kappa shape index (κ3) is 4.44. The number of hydrogen-bond acceptors (Lipinski definition) is 2. The summed E-state index contributed by atoms with van der Waals surface area (Å²) in [5.74, 6) is 0.724. The van der Waals surface area contributed by atoms with Crippen LogP contribution in [-0.2, 0) is 6.54 Å². The van der Waals surface area contributed by atoms with Crippen LogP contribution in [0.3, 0.4) is 0 Å². The van der Waals surface area contributed by atoms with Gasteiger partial charge in [0.1, 0.15) is 5.82 Å². The molecule has 0 amide bonds. The van der Waals surface area contributed by atoms with E-state index in [1.807, 2.05) is 12.1 Å². The van der Waals surface area contributed by atoms with E-state index in [0.29, 0.717) is 6.54 Å². The molecule has 1 saturated heterocycles. The van der Waals surface area contributed by atoms with Gasteiger partial charge in [-0.1, -0.05) is 25.5 Å². The number of para-hydroxylation sites is 1. The third-order valence-corrected chi connectivity index (χ3v) is 4.39. The molecule has 2 rings (SSSR count). The number of anilines is 1. The van der Waals surface area contributed by atoms with Crippen molar-refractivity contribution in [2.24, 2.45) is 5.92 Å².